The fourth-order valence-corrected chi connectivity index (χ4v) is 3.56. The summed E-state index contributed by atoms with van der Waals surface area (Å²) in [5, 5.41) is 16.3. The summed E-state index contributed by atoms with van der Waals surface area (Å²) in [7, 11) is -4.21. The molecule has 9 nitrogen and oxygen atoms in total. The van der Waals surface area contributed by atoms with Crippen molar-refractivity contribution in [1.29, 1.82) is 0 Å². The van der Waals surface area contributed by atoms with Gasteiger partial charge in [-0.1, -0.05) is 0 Å². The number of aromatic carboxylic acids is 1. The smallest absolute Gasteiger partial charge is 0.302 e. The summed E-state index contributed by atoms with van der Waals surface area (Å²) < 4.78 is 23.4. The maximum atomic E-state index is 11.8. The van der Waals surface area contributed by atoms with E-state index < -0.39 is 21.9 Å². The van der Waals surface area contributed by atoms with Crippen LogP contribution in [-0.4, -0.2) is 48.8 Å². The lowest BCUT2D eigenvalue weighted by Gasteiger charge is -2.32. The van der Waals surface area contributed by atoms with Gasteiger partial charge in [0, 0.05) is 32.3 Å². The van der Waals surface area contributed by atoms with Crippen molar-refractivity contribution in [2.24, 2.45) is 10.9 Å². The predicted molar refractivity (Wildman–Crippen MR) is 79.5 cm³/mol. The van der Waals surface area contributed by atoms with Crippen molar-refractivity contribution in [1.82, 2.24) is 8.87 Å². The maximum Gasteiger partial charge on any atom is 0.302 e. The number of aromatic nitrogens is 1. The number of hydrogen-bond acceptors (Lipinski definition) is 6. The van der Waals surface area contributed by atoms with E-state index in [1.54, 1.807) is 4.90 Å². The molecule has 1 aromatic rings. The summed E-state index contributed by atoms with van der Waals surface area (Å²) in [5.74, 6) is -1.80. The van der Waals surface area contributed by atoms with E-state index >= 15 is 0 Å². The molecule has 0 bridgehead atoms. The van der Waals surface area contributed by atoms with Crippen LogP contribution in [0, 0.1) is 0 Å². The van der Waals surface area contributed by atoms with Gasteiger partial charge in [0.15, 0.2) is 0 Å². The second-order valence-corrected chi connectivity index (χ2v) is 6.86. The van der Waals surface area contributed by atoms with Crippen molar-refractivity contribution in [2.45, 2.75) is 25.2 Å². The van der Waals surface area contributed by atoms with Crippen molar-refractivity contribution in [3.63, 3.8) is 0 Å². The molecule has 0 radical (unpaired) electrons. The first kappa shape index (κ1) is 17.4. The van der Waals surface area contributed by atoms with Crippen molar-refractivity contribution in [2.75, 3.05) is 19.6 Å². The molecular formula is C13H19N4O5S-. The van der Waals surface area contributed by atoms with Gasteiger partial charge in [-0.05, 0) is 30.4 Å². The fourth-order valence-electron chi connectivity index (χ4n) is 2.90. The third kappa shape index (κ3) is 3.71. The van der Waals surface area contributed by atoms with Crippen LogP contribution in [0.3, 0.4) is 0 Å². The molecule has 23 heavy (non-hydrogen) atoms. The van der Waals surface area contributed by atoms with E-state index in [-0.39, 0.29) is 24.8 Å². The lowest BCUT2D eigenvalue weighted by Crippen LogP contribution is -2.39. The number of carbonyl (C=O) groups excluding carboxylic acids is 2. The summed E-state index contributed by atoms with van der Waals surface area (Å²) in [5.41, 5.74) is 5.28. The van der Waals surface area contributed by atoms with Crippen molar-refractivity contribution in [3.8, 4) is 0 Å². The summed E-state index contributed by atoms with van der Waals surface area (Å²) in [6.45, 7) is 1.22. The summed E-state index contributed by atoms with van der Waals surface area (Å²) in [4.78, 5) is 24.8. The van der Waals surface area contributed by atoms with Crippen LogP contribution in [0.15, 0.2) is 12.3 Å². The van der Waals surface area contributed by atoms with Gasteiger partial charge in [-0.2, -0.15) is 8.42 Å². The molecule has 1 aliphatic rings. The zero-order chi connectivity index (χ0) is 17.2. The summed E-state index contributed by atoms with van der Waals surface area (Å²) in [6.07, 6.45) is 2.45. The number of nitrogens with zero attached hydrogens (tertiary/aromatic N) is 2. The quantitative estimate of drug-likeness (QED) is 0.628. The summed E-state index contributed by atoms with van der Waals surface area (Å²) in [6, 6.07) is 1.43. The lowest BCUT2D eigenvalue weighted by atomic mass is 9.89. The minimum Gasteiger partial charge on any atom is -0.543 e. The standard InChI is InChI=1S/C13H20N4O5S/c14-5-1-11(18)16-6-2-9(3-7-16)10-4-8-17(23(15,21)22)12(10)13(19)20/h4,8-9H,1-3,5-7,14H2,(H,19,20)(H2,15,21,22)/p-1. The third-order valence-electron chi connectivity index (χ3n) is 4.00. The van der Waals surface area contributed by atoms with Crippen LogP contribution >= 0.6 is 0 Å². The Morgan fingerprint density at radius 3 is 2.39 bits per heavy atom. The first-order chi connectivity index (χ1) is 10.8. The molecule has 0 atom stereocenters. The lowest BCUT2D eigenvalue weighted by molar-refractivity contribution is -0.255. The molecule has 1 amide bonds. The molecule has 0 spiro atoms. The molecule has 128 valence electrons. The van der Waals surface area contributed by atoms with Gasteiger partial charge in [-0.3, -0.25) is 4.79 Å². The minimum absolute atomic E-state index is 0.0341. The summed E-state index contributed by atoms with van der Waals surface area (Å²) >= 11 is 0. The molecule has 1 aliphatic heterocycles. The topological polar surface area (TPSA) is 152 Å². The molecule has 0 unspecified atom stereocenters. The molecule has 1 aromatic heterocycles. The van der Waals surface area contributed by atoms with E-state index in [1.807, 2.05) is 0 Å². The van der Waals surface area contributed by atoms with Gasteiger partial charge in [-0.15, -0.1) is 0 Å². The normalized spacial score (nSPS) is 16.5. The number of nitrogens with two attached hydrogens (primary N) is 2. The van der Waals surface area contributed by atoms with Gasteiger partial charge in [0.1, 0.15) is 0 Å². The molecule has 1 fully saturated rings. The number of piperidine rings is 1. The van der Waals surface area contributed by atoms with Crippen LogP contribution in [0.1, 0.15) is 41.2 Å². The fraction of sp³-hybridized carbons (Fsp3) is 0.538. The zero-order valence-corrected chi connectivity index (χ0v) is 13.3. The van der Waals surface area contributed by atoms with Gasteiger partial charge in [0.25, 0.3) is 0 Å². The molecule has 2 heterocycles. The highest BCUT2D eigenvalue weighted by molar-refractivity contribution is 7.87. The highest BCUT2D eigenvalue weighted by Crippen LogP contribution is 2.31. The third-order valence-corrected chi connectivity index (χ3v) is 4.85. The minimum atomic E-state index is -4.21. The van der Waals surface area contributed by atoms with E-state index in [2.05, 4.69) is 0 Å². The van der Waals surface area contributed by atoms with Crippen LogP contribution in [-0.2, 0) is 15.0 Å². The molecule has 0 aliphatic carbocycles. The van der Waals surface area contributed by atoms with Gasteiger partial charge in [-0.25, -0.2) is 9.11 Å². The van der Waals surface area contributed by atoms with E-state index in [0.717, 1.165) is 6.20 Å². The monoisotopic (exact) mass is 343 g/mol. The molecule has 10 heteroatoms. The predicted octanol–water partition coefficient (Wildman–Crippen LogP) is -2.04. The van der Waals surface area contributed by atoms with Gasteiger partial charge in [0.2, 0.25) is 5.91 Å². The number of amides is 1. The number of rotatable bonds is 5. The maximum absolute atomic E-state index is 11.8. The highest BCUT2D eigenvalue weighted by atomic mass is 32.2. The number of carboxylic acids is 1. The Morgan fingerprint density at radius 1 is 1.30 bits per heavy atom. The van der Waals surface area contributed by atoms with E-state index in [1.165, 1.54) is 6.07 Å². The second kappa shape index (κ2) is 6.69. The van der Waals surface area contributed by atoms with Crippen LogP contribution < -0.4 is 16.0 Å². The largest absolute Gasteiger partial charge is 0.543 e. The average molecular weight is 343 g/mol. The van der Waals surface area contributed by atoms with Crippen molar-refractivity contribution in [3.05, 3.63) is 23.5 Å². The van der Waals surface area contributed by atoms with Crippen LogP contribution in [0.25, 0.3) is 0 Å². The Kier molecular flexibility index (Phi) is 5.07. The molecule has 0 saturated carbocycles. The average Bonchev–Trinajstić information content (AvgIpc) is 2.93. The first-order valence-electron chi connectivity index (χ1n) is 7.19. The zero-order valence-electron chi connectivity index (χ0n) is 12.5. The van der Waals surface area contributed by atoms with Gasteiger partial charge in [0.05, 0.1) is 11.7 Å². The van der Waals surface area contributed by atoms with Crippen LogP contribution in [0.4, 0.5) is 0 Å². The Hall–Kier alpha value is -1.91. The SMILES string of the molecule is NCCC(=O)N1CCC(c2ccn(S(N)(=O)=O)c2C(=O)[O-])CC1. The Bertz CT molecular complexity index is 704. The van der Waals surface area contributed by atoms with Crippen LogP contribution in [0.2, 0.25) is 0 Å². The van der Waals surface area contributed by atoms with E-state index in [9.17, 15) is 23.1 Å². The Labute approximate surface area is 134 Å². The first-order valence-corrected chi connectivity index (χ1v) is 8.69. The molecule has 2 rings (SSSR count). The highest BCUT2D eigenvalue weighted by Gasteiger charge is 2.28. The molecule has 0 aromatic carbocycles. The number of carboxylic acid groups (broad SMARTS) is 1. The van der Waals surface area contributed by atoms with Gasteiger partial charge < -0.3 is 20.5 Å². The molecule has 4 N–H and O–H groups in total. The molecule has 1 saturated heterocycles. The van der Waals surface area contributed by atoms with Crippen LogP contribution in [0.5, 0.6) is 0 Å². The number of hydrogen-bond donors (Lipinski definition) is 2. The van der Waals surface area contributed by atoms with E-state index in [0.29, 0.717) is 35.5 Å². The van der Waals surface area contributed by atoms with Crippen molar-refractivity contribution < 1.29 is 23.1 Å². The molecular weight excluding hydrogens is 324 g/mol. The Balaban J connectivity index is 2.20. The number of likely N-dealkylation sites (tertiary alicyclic amines) is 1. The second-order valence-electron chi connectivity index (χ2n) is 5.44. The Morgan fingerprint density at radius 2 is 1.91 bits per heavy atom. The number of carbonyl (C=O) groups is 2. The van der Waals surface area contributed by atoms with Crippen molar-refractivity contribution >= 4 is 22.1 Å². The van der Waals surface area contributed by atoms with E-state index in [4.69, 9.17) is 10.9 Å². The van der Waals surface area contributed by atoms with Gasteiger partial charge >= 0.3 is 10.2 Å².